The van der Waals surface area contributed by atoms with Crippen LogP contribution in [0.3, 0.4) is 0 Å². The number of hydrogen-bond acceptors (Lipinski definition) is 1. The van der Waals surface area contributed by atoms with Crippen LogP contribution in [-0.4, -0.2) is 0 Å². The fourth-order valence-electron chi connectivity index (χ4n) is 0.910. The molecular formula is C10H14S. The maximum Gasteiger partial charge on any atom is -0.00554 e. The summed E-state index contributed by atoms with van der Waals surface area (Å²) in [5, 5.41) is 4.43. The Balaban J connectivity index is 2.65. The molecule has 60 valence electrons. The van der Waals surface area contributed by atoms with Crippen LogP contribution in [0.15, 0.2) is 22.4 Å². The summed E-state index contributed by atoms with van der Waals surface area (Å²) in [5.74, 6) is 0. The molecule has 0 fully saturated rings. The van der Waals surface area contributed by atoms with Crippen LogP contribution >= 0.6 is 11.3 Å². The van der Waals surface area contributed by atoms with E-state index in [0.29, 0.717) is 0 Å². The van der Waals surface area contributed by atoms with E-state index in [1.165, 1.54) is 16.7 Å². The molecule has 1 aromatic heterocycles. The molecule has 0 aromatic carbocycles. The lowest BCUT2D eigenvalue weighted by Crippen LogP contribution is -1.80. The van der Waals surface area contributed by atoms with Crippen LogP contribution < -0.4 is 0 Å². The quantitative estimate of drug-likeness (QED) is 0.589. The van der Waals surface area contributed by atoms with E-state index < -0.39 is 0 Å². The van der Waals surface area contributed by atoms with E-state index in [-0.39, 0.29) is 0 Å². The smallest absolute Gasteiger partial charge is 0.00554 e. The van der Waals surface area contributed by atoms with Crippen LogP contribution in [0, 0.1) is 6.92 Å². The van der Waals surface area contributed by atoms with Gasteiger partial charge in [0, 0.05) is 0 Å². The number of allylic oxidation sites excluding steroid dienone is 2. The van der Waals surface area contributed by atoms with Gasteiger partial charge in [0.1, 0.15) is 0 Å². The number of aryl methyl sites for hydroxylation is 1. The molecule has 0 saturated heterocycles. The molecule has 1 heterocycles. The highest BCUT2D eigenvalue weighted by Crippen LogP contribution is 2.14. The highest BCUT2D eigenvalue weighted by molar-refractivity contribution is 7.08. The van der Waals surface area contributed by atoms with Gasteiger partial charge in [-0.15, -0.1) is 0 Å². The summed E-state index contributed by atoms with van der Waals surface area (Å²) in [5.41, 5.74) is 4.29. The summed E-state index contributed by atoms with van der Waals surface area (Å²) in [4.78, 5) is 0. The van der Waals surface area contributed by atoms with Crippen molar-refractivity contribution in [3.8, 4) is 0 Å². The van der Waals surface area contributed by atoms with Gasteiger partial charge in [0.05, 0.1) is 0 Å². The Hall–Kier alpha value is -0.560. The molecular weight excluding hydrogens is 152 g/mol. The SMILES string of the molecule is CC(C)=CCc1cscc1C. The maximum absolute atomic E-state index is 2.27. The molecule has 0 aliphatic carbocycles. The lowest BCUT2D eigenvalue weighted by atomic mass is 10.1. The van der Waals surface area contributed by atoms with Gasteiger partial charge in [-0.05, 0) is 49.1 Å². The Morgan fingerprint density at radius 3 is 2.64 bits per heavy atom. The lowest BCUT2D eigenvalue weighted by Gasteiger charge is -1.93. The molecule has 0 unspecified atom stereocenters. The Morgan fingerprint density at radius 2 is 2.18 bits per heavy atom. The molecule has 0 nitrogen and oxygen atoms in total. The second-order valence-electron chi connectivity index (χ2n) is 3.07. The van der Waals surface area contributed by atoms with Gasteiger partial charge in [-0.3, -0.25) is 0 Å². The minimum Gasteiger partial charge on any atom is -0.152 e. The van der Waals surface area contributed by atoms with E-state index in [1.807, 2.05) is 0 Å². The van der Waals surface area contributed by atoms with Crippen molar-refractivity contribution in [1.82, 2.24) is 0 Å². The Labute approximate surface area is 72.6 Å². The van der Waals surface area contributed by atoms with Gasteiger partial charge in [-0.25, -0.2) is 0 Å². The maximum atomic E-state index is 2.27. The second kappa shape index (κ2) is 3.72. The predicted octanol–water partition coefficient (Wildman–Crippen LogP) is 3.57. The van der Waals surface area contributed by atoms with Crippen molar-refractivity contribution < 1.29 is 0 Å². The highest BCUT2D eigenvalue weighted by atomic mass is 32.1. The van der Waals surface area contributed by atoms with E-state index in [0.717, 1.165) is 6.42 Å². The number of rotatable bonds is 2. The fourth-order valence-corrected chi connectivity index (χ4v) is 1.78. The molecule has 0 N–H and O–H groups in total. The zero-order chi connectivity index (χ0) is 8.27. The van der Waals surface area contributed by atoms with Crippen molar-refractivity contribution in [1.29, 1.82) is 0 Å². The van der Waals surface area contributed by atoms with Gasteiger partial charge >= 0.3 is 0 Å². The average molecular weight is 166 g/mol. The van der Waals surface area contributed by atoms with Gasteiger partial charge in [-0.1, -0.05) is 11.6 Å². The Morgan fingerprint density at radius 1 is 1.45 bits per heavy atom. The van der Waals surface area contributed by atoms with Gasteiger partial charge < -0.3 is 0 Å². The first-order valence-corrected chi connectivity index (χ1v) is 4.79. The van der Waals surface area contributed by atoms with Gasteiger partial charge in [0.2, 0.25) is 0 Å². The molecule has 0 bridgehead atoms. The molecule has 0 saturated carbocycles. The van der Waals surface area contributed by atoms with Crippen molar-refractivity contribution in [3.63, 3.8) is 0 Å². The molecule has 1 rings (SSSR count). The summed E-state index contributed by atoms with van der Waals surface area (Å²) in [6.07, 6.45) is 3.37. The monoisotopic (exact) mass is 166 g/mol. The van der Waals surface area contributed by atoms with Crippen molar-refractivity contribution in [2.45, 2.75) is 27.2 Å². The normalized spacial score (nSPS) is 9.73. The van der Waals surface area contributed by atoms with Gasteiger partial charge in [-0.2, -0.15) is 11.3 Å². The van der Waals surface area contributed by atoms with Crippen LogP contribution in [0.4, 0.5) is 0 Å². The summed E-state index contributed by atoms with van der Waals surface area (Å²) in [6, 6.07) is 0. The van der Waals surface area contributed by atoms with Crippen molar-refractivity contribution in [2.75, 3.05) is 0 Å². The van der Waals surface area contributed by atoms with E-state index in [4.69, 9.17) is 0 Å². The van der Waals surface area contributed by atoms with Crippen LogP contribution in [-0.2, 0) is 6.42 Å². The zero-order valence-corrected chi connectivity index (χ0v) is 8.16. The number of thiophene rings is 1. The van der Waals surface area contributed by atoms with Crippen molar-refractivity contribution in [3.05, 3.63) is 33.5 Å². The van der Waals surface area contributed by atoms with E-state index >= 15 is 0 Å². The largest absolute Gasteiger partial charge is 0.152 e. The molecule has 0 aliphatic heterocycles. The Kier molecular flexibility index (Phi) is 2.89. The average Bonchev–Trinajstić information content (AvgIpc) is 2.31. The zero-order valence-electron chi connectivity index (χ0n) is 7.35. The van der Waals surface area contributed by atoms with Gasteiger partial charge in [0.25, 0.3) is 0 Å². The van der Waals surface area contributed by atoms with Crippen LogP contribution in [0.25, 0.3) is 0 Å². The minimum absolute atomic E-state index is 1.09. The molecule has 0 atom stereocenters. The Bertz CT molecular complexity index is 252. The van der Waals surface area contributed by atoms with Crippen molar-refractivity contribution >= 4 is 11.3 Å². The van der Waals surface area contributed by atoms with Crippen molar-refractivity contribution in [2.24, 2.45) is 0 Å². The molecule has 0 radical (unpaired) electrons. The fraction of sp³-hybridized carbons (Fsp3) is 0.400. The summed E-state index contributed by atoms with van der Waals surface area (Å²) < 4.78 is 0. The van der Waals surface area contributed by atoms with E-state index in [2.05, 4.69) is 37.6 Å². The minimum atomic E-state index is 1.09. The third-order valence-electron chi connectivity index (χ3n) is 1.69. The first kappa shape index (κ1) is 8.54. The molecule has 0 spiro atoms. The van der Waals surface area contributed by atoms with Gasteiger partial charge in [0.15, 0.2) is 0 Å². The van der Waals surface area contributed by atoms with Crippen LogP contribution in [0.1, 0.15) is 25.0 Å². The predicted molar refractivity (Wildman–Crippen MR) is 52.2 cm³/mol. The third kappa shape index (κ3) is 2.51. The van der Waals surface area contributed by atoms with E-state index in [1.54, 1.807) is 11.3 Å². The molecule has 1 aromatic rings. The molecule has 11 heavy (non-hydrogen) atoms. The first-order chi connectivity index (χ1) is 5.20. The number of hydrogen-bond donors (Lipinski definition) is 0. The second-order valence-corrected chi connectivity index (χ2v) is 3.81. The molecule has 1 heteroatoms. The van der Waals surface area contributed by atoms with E-state index in [9.17, 15) is 0 Å². The highest BCUT2D eigenvalue weighted by Gasteiger charge is 1.95. The standard InChI is InChI=1S/C10H14S/c1-8(2)4-5-10-7-11-6-9(10)3/h4,6-7H,5H2,1-3H3. The molecule has 0 aliphatic rings. The molecule has 0 amide bonds. The topological polar surface area (TPSA) is 0 Å². The summed E-state index contributed by atoms with van der Waals surface area (Å²) in [7, 11) is 0. The van der Waals surface area contributed by atoms with Crippen LogP contribution in [0.2, 0.25) is 0 Å². The lowest BCUT2D eigenvalue weighted by molar-refractivity contribution is 1.20. The first-order valence-electron chi connectivity index (χ1n) is 3.85. The third-order valence-corrected chi connectivity index (χ3v) is 2.60. The van der Waals surface area contributed by atoms with Crippen LogP contribution in [0.5, 0.6) is 0 Å². The summed E-state index contributed by atoms with van der Waals surface area (Å²) in [6.45, 7) is 6.45. The summed E-state index contributed by atoms with van der Waals surface area (Å²) >= 11 is 1.79.